The van der Waals surface area contributed by atoms with Crippen LogP contribution < -0.4 is 10.6 Å². The van der Waals surface area contributed by atoms with Crippen LogP contribution in [-0.2, 0) is 19.5 Å². The molecule has 0 radical (unpaired) electrons. The Hall–Kier alpha value is -2.67. The summed E-state index contributed by atoms with van der Waals surface area (Å²) in [7, 11) is 0. The van der Waals surface area contributed by atoms with E-state index >= 15 is 0 Å². The number of H-pyrrole nitrogens is 1. The van der Waals surface area contributed by atoms with Crippen molar-refractivity contribution in [3.8, 4) is 11.3 Å². The summed E-state index contributed by atoms with van der Waals surface area (Å²) in [5.41, 5.74) is 3.08. The number of nitrogens with zero attached hydrogens (tertiary/aromatic N) is 2. The Balaban J connectivity index is 1.45. The van der Waals surface area contributed by atoms with Gasteiger partial charge in [0.1, 0.15) is 5.01 Å². The number of aryl methyl sites for hydroxylation is 1. The van der Waals surface area contributed by atoms with E-state index in [0.29, 0.717) is 13.1 Å². The summed E-state index contributed by atoms with van der Waals surface area (Å²) in [6.45, 7) is 3.03. The summed E-state index contributed by atoms with van der Waals surface area (Å²) < 4.78 is 0. The number of hydrogen-bond donors (Lipinski definition) is 3. The first kappa shape index (κ1) is 16.2. The van der Waals surface area contributed by atoms with Gasteiger partial charge in [-0.25, -0.2) is 9.78 Å². The minimum absolute atomic E-state index is 0.194. The zero-order valence-electron chi connectivity index (χ0n) is 13.4. The Morgan fingerprint density at radius 1 is 1.17 bits per heavy atom. The summed E-state index contributed by atoms with van der Waals surface area (Å²) in [6.07, 6.45) is 4.56. The van der Waals surface area contributed by atoms with Crippen molar-refractivity contribution in [2.45, 2.75) is 26.4 Å². The van der Waals surface area contributed by atoms with Crippen molar-refractivity contribution in [3.05, 3.63) is 58.2 Å². The Morgan fingerprint density at radius 2 is 1.96 bits per heavy atom. The second kappa shape index (κ2) is 7.74. The van der Waals surface area contributed by atoms with Crippen LogP contribution >= 0.6 is 11.3 Å². The number of benzene rings is 1. The van der Waals surface area contributed by atoms with Gasteiger partial charge in [0, 0.05) is 23.8 Å². The van der Waals surface area contributed by atoms with Crippen molar-refractivity contribution >= 4 is 17.4 Å². The van der Waals surface area contributed by atoms with Crippen LogP contribution in [0.5, 0.6) is 0 Å². The monoisotopic (exact) mass is 341 g/mol. The molecule has 2 heterocycles. The molecule has 2 aromatic heterocycles. The molecule has 3 aromatic rings. The van der Waals surface area contributed by atoms with Crippen LogP contribution in [0.1, 0.15) is 22.4 Å². The van der Waals surface area contributed by atoms with Crippen LogP contribution in [0.3, 0.4) is 0 Å². The van der Waals surface area contributed by atoms with Crippen LogP contribution in [0.2, 0.25) is 0 Å². The Bertz CT molecular complexity index is 780. The van der Waals surface area contributed by atoms with E-state index in [4.69, 9.17) is 0 Å². The second-order valence-electron chi connectivity index (χ2n) is 5.28. The summed E-state index contributed by atoms with van der Waals surface area (Å²) in [4.78, 5) is 17.4. The average molecular weight is 341 g/mol. The van der Waals surface area contributed by atoms with Gasteiger partial charge in [-0.3, -0.25) is 5.10 Å². The fourth-order valence-electron chi connectivity index (χ4n) is 2.21. The second-order valence-corrected chi connectivity index (χ2v) is 6.48. The van der Waals surface area contributed by atoms with E-state index in [9.17, 15) is 4.79 Å². The molecule has 0 aliphatic heterocycles. The number of carbonyl (C=O) groups excluding carboxylic acids is 1. The van der Waals surface area contributed by atoms with E-state index in [1.165, 1.54) is 4.88 Å². The molecule has 0 aliphatic carbocycles. The highest BCUT2D eigenvalue weighted by Crippen LogP contribution is 2.16. The van der Waals surface area contributed by atoms with Crippen LogP contribution in [0, 0.1) is 0 Å². The normalized spacial score (nSPS) is 10.5. The number of thiazole rings is 1. The molecular weight excluding hydrogens is 322 g/mol. The zero-order valence-corrected chi connectivity index (χ0v) is 14.2. The first-order valence-electron chi connectivity index (χ1n) is 7.78. The minimum Gasteiger partial charge on any atom is -0.334 e. The Kier molecular flexibility index (Phi) is 5.22. The third-order valence-electron chi connectivity index (χ3n) is 3.57. The molecule has 0 saturated carbocycles. The molecule has 1 aromatic carbocycles. The zero-order chi connectivity index (χ0) is 16.8. The lowest BCUT2D eigenvalue weighted by Gasteiger charge is -2.07. The van der Waals surface area contributed by atoms with Gasteiger partial charge in [-0.05, 0) is 23.6 Å². The van der Waals surface area contributed by atoms with Crippen molar-refractivity contribution in [3.63, 3.8) is 0 Å². The van der Waals surface area contributed by atoms with Gasteiger partial charge in [-0.1, -0.05) is 31.2 Å². The van der Waals surface area contributed by atoms with Gasteiger partial charge in [-0.15, -0.1) is 11.3 Å². The standard InChI is InChI=1S/C17H19N5OS/c1-2-14-10-18-16(24-14)11-20-17(23)19-9-12-3-5-13(6-4-12)15-7-8-21-22-15/h3-8,10H,2,9,11H2,1H3,(H,21,22)(H2,19,20,23). The SMILES string of the molecule is CCc1cnc(CNC(=O)NCc2ccc(-c3ccn[nH]3)cc2)s1. The molecule has 3 rings (SSSR count). The molecule has 0 unspecified atom stereocenters. The van der Waals surface area contributed by atoms with E-state index in [0.717, 1.165) is 28.2 Å². The molecule has 3 N–H and O–H groups in total. The lowest BCUT2D eigenvalue weighted by Crippen LogP contribution is -2.34. The summed E-state index contributed by atoms with van der Waals surface area (Å²) in [5.74, 6) is 0. The van der Waals surface area contributed by atoms with Crippen LogP contribution in [0.15, 0.2) is 42.7 Å². The van der Waals surface area contributed by atoms with Crippen LogP contribution in [0.25, 0.3) is 11.3 Å². The largest absolute Gasteiger partial charge is 0.334 e. The maximum absolute atomic E-state index is 11.9. The van der Waals surface area contributed by atoms with E-state index in [1.807, 2.05) is 36.5 Å². The summed E-state index contributed by atoms with van der Waals surface area (Å²) >= 11 is 1.63. The van der Waals surface area contributed by atoms with Crippen LogP contribution in [0.4, 0.5) is 4.79 Å². The molecule has 2 amide bonds. The number of hydrogen-bond acceptors (Lipinski definition) is 4. The predicted octanol–water partition coefficient (Wildman–Crippen LogP) is 3.10. The highest BCUT2D eigenvalue weighted by Gasteiger charge is 2.04. The molecule has 0 atom stereocenters. The third-order valence-corrected chi connectivity index (χ3v) is 4.71. The Labute approximate surface area is 144 Å². The summed E-state index contributed by atoms with van der Waals surface area (Å²) in [5, 5.41) is 13.5. The fourth-order valence-corrected chi connectivity index (χ4v) is 3.01. The van der Waals surface area contributed by atoms with Gasteiger partial charge in [0.15, 0.2) is 0 Å². The topological polar surface area (TPSA) is 82.7 Å². The van der Waals surface area contributed by atoms with Gasteiger partial charge in [0.2, 0.25) is 0 Å². The van der Waals surface area contributed by atoms with Crippen molar-refractivity contribution < 1.29 is 4.79 Å². The quantitative estimate of drug-likeness (QED) is 0.644. The third kappa shape index (κ3) is 4.20. The van der Waals surface area contributed by atoms with Crippen molar-refractivity contribution in [2.24, 2.45) is 0 Å². The van der Waals surface area contributed by atoms with E-state index in [2.05, 4.69) is 32.7 Å². The molecule has 0 spiro atoms. The molecule has 0 saturated heterocycles. The average Bonchev–Trinajstić information content (AvgIpc) is 3.30. The molecule has 0 fully saturated rings. The number of aromatic amines is 1. The number of carbonyl (C=O) groups is 1. The minimum atomic E-state index is -0.194. The van der Waals surface area contributed by atoms with Crippen molar-refractivity contribution in [1.29, 1.82) is 0 Å². The molecule has 124 valence electrons. The van der Waals surface area contributed by atoms with Crippen molar-refractivity contribution in [2.75, 3.05) is 0 Å². The number of nitrogens with one attached hydrogen (secondary N) is 3. The maximum Gasteiger partial charge on any atom is 0.315 e. The number of urea groups is 1. The number of amides is 2. The maximum atomic E-state index is 11.9. The Morgan fingerprint density at radius 3 is 2.62 bits per heavy atom. The van der Waals surface area contributed by atoms with Crippen LogP contribution in [-0.4, -0.2) is 21.2 Å². The smallest absolute Gasteiger partial charge is 0.315 e. The highest BCUT2D eigenvalue weighted by molar-refractivity contribution is 7.11. The van der Waals surface area contributed by atoms with E-state index < -0.39 is 0 Å². The molecule has 6 nitrogen and oxygen atoms in total. The summed E-state index contributed by atoms with van der Waals surface area (Å²) in [6, 6.07) is 9.72. The van der Waals surface area contributed by atoms with Gasteiger partial charge in [-0.2, -0.15) is 5.10 Å². The first-order chi connectivity index (χ1) is 11.7. The number of aromatic nitrogens is 3. The van der Waals surface area contributed by atoms with Gasteiger partial charge in [0.05, 0.1) is 12.2 Å². The lowest BCUT2D eigenvalue weighted by molar-refractivity contribution is 0.240. The van der Waals surface area contributed by atoms with E-state index in [-0.39, 0.29) is 6.03 Å². The predicted molar refractivity (Wildman–Crippen MR) is 94.6 cm³/mol. The lowest BCUT2D eigenvalue weighted by atomic mass is 10.1. The fraction of sp³-hybridized carbons (Fsp3) is 0.235. The molecule has 0 bridgehead atoms. The molecular formula is C17H19N5OS. The highest BCUT2D eigenvalue weighted by atomic mass is 32.1. The van der Waals surface area contributed by atoms with Gasteiger partial charge >= 0.3 is 6.03 Å². The van der Waals surface area contributed by atoms with Gasteiger partial charge < -0.3 is 10.6 Å². The molecule has 0 aliphatic rings. The molecule has 7 heteroatoms. The first-order valence-corrected chi connectivity index (χ1v) is 8.60. The van der Waals surface area contributed by atoms with Crippen molar-refractivity contribution in [1.82, 2.24) is 25.8 Å². The molecule has 24 heavy (non-hydrogen) atoms. The van der Waals surface area contributed by atoms with E-state index in [1.54, 1.807) is 17.5 Å². The number of rotatable bonds is 6. The van der Waals surface area contributed by atoms with Gasteiger partial charge in [0.25, 0.3) is 0 Å².